The summed E-state index contributed by atoms with van der Waals surface area (Å²) in [4.78, 5) is 25.3. The van der Waals surface area contributed by atoms with Gasteiger partial charge in [-0.25, -0.2) is 4.98 Å². The smallest absolute Gasteiger partial charge is 0.250 e. The highest BCUT2D eigenvalue weighted by Gasteiger charge is 1.99. The average Bonchev–Trinajstić information content (AvgIpc) is 2.53. The number of nitrogens with one attached hydrogen (secondary N) is 1. The first-order valence-corrected chi connectivity index (χ1v) is 5.22. The van der Waals surface area contributed by atoms with Crippen LogP contribution in [0.15, 0.2) is 23.7 Å². The lowest BCUT2D eigenvalue weighted by Gasteiger charge is -1.93. The zero-order valence-electron chi connectivity index (χ0n) is 6.36. The molecular weight excluding hydrogens is 303 g/mol. The molecule has 4 nitrogen and oxygen atoms in total. The number of allylic oxidation sites excluding steroid dienone is 1. The summed E-state index contributed by atoms with van der Waals surface area (Å²) in [5, 5.41) is 4.78. The normalized spacial score (nSPS) is 10.2. The summed E-state index contributed by atoms with van der Waals surface area (Å²) in [6.07, 6.45) is 3.97. The van der Waals surface area contributed by atoms with Gasteiger partial charge in [-0.1, -0.05) is 0 Å². The molecule has 0 saturated heterocycles. The van der Waals surface area contributed by atoms with Crippen molar-refractivity contribution >= 4 is 48.8 Å². The molecule has 0 atom stereocenters. The molecule has 68 valence electrons. The zero-order valence-corrected chi connectivity index (χ0v) is 9.33. The molecule has 1 N–H and O–H groups in total. The van der Waals surface area contributed by atoms with E-state index in [1.165, 1.54) is 23.5 Å². The number of halogens is 1. The van der Waals surface area contributed by atoms with E-state index in [-0.39, 0.29) is 9.70 Å². The maximum atomic E-state index is 11.0. The molecule has 1 rings (SSSR count). The van der Waals surface area contributed by atoms with Crippen LogP contribution in [0.1, 0.15) is 0 Å². The summed E-state index contributed by atoms with van der Waals surface area (Å²) >= 11 is 2.91. The van der Waals surface area contributed by atoms with E-state index in [1.54, 1.807) is 34.2 Å². The van der Waals surface area contributed by atoms with Crippen molar-refractivity contribution in [3.8, 4) is 0 Å². The van der Waals surface area contributed by atoms with Gasteiger partial charge >= 0.3 is 0 Å². The number of rotatable bonds is 3. The van der Waals surface area contributed by atoms with E-state index < -0.39 is 0 Å². The van der Waals surface area contributed by atoms with Gasteiger partial charge in [-0.05, 0) is 6.08 Å². The van der Waals surface area contributed by atoms with Gasteiger partial charge in [0.2, 0.25) is 9.70 Å². The number of nitrogens with zero attached hydrogens (tertiary/aromatic N) is 1. The van der Waals surface area contributed by atoms with E-state index in [4.69, 9.17) is 0 Å². The molecule has 0 bridgehead atoms. The van der Waals surface area contributed by atoms with Crippen LogP contribution in [0.5, 0.6) is 0 Å². The van der Waals surface area contributed by atoms with Crippen molar-refractivity contribution in [2.45, 2.75) is 0 Å². The maximum absolute atomic E-state index is 11.0. The van der Waals surface area contributed by atoms with Gasteiger partial charge < -0.3 is 0 Å². The summed E-state index contributed by atoms with van der Waals surface area (Å²) in [7, 11) is 0. The summed E-state index contributed by atoms with van der Waals surface area (Å²) in [6.45, 7) is 0. The first kappa shape index (κ1) is 10.3. The van der Waals surface area contributed by atoms with Crippen molar-refractivity contribution in [1.82, 2.24) is 4.98 Å². The van der Waals surface area contributed by atoms with Crippen LogP contribution in [0.3, 0.4) is 0 Å². The second-order valence-corrected chi connectivity index (χ2v) is 3.92. The predicted molar refractivity (Wildman–Crippen MR) is 58.9 cm³/mol. The van der Waals surface area contributed by atoms with Gasteiger partial charge in [-0.3, -0.25) is 14.9 Å². The third-order valence-corrected chi connectivity index (χ3v) is 2.08. The fraction of sp³-hybridized carbons (Fsp3) is 0. The fourth-order valence-corrected chi connectivity index (χ4v) is 1.29. The minimum absolute atomic E-state index is 0.188. The van der Waals surface area contributed by atoms with E-state index in [0.717, 1.165) is 0 Å². The number of carbonyl (C=O) groups excluding carboxylic acids is 2. The van der Waals surface area contributed by atoms with E-state index in [0.29, 0.717) is 5.13 Å². The number of hydrogen-bond donors (Lipinski definition) is 1. The lowest BCUT2D eigenvalue weighted by molar-refractivity contribution is -0.112. The second kappa shape index (κ2) is 5.07. The van der Waals surface area contributed by atoms with E-state index >= 15 is 0 Å². The van der Waals surface area contributed by atoms with Crippen LogP contribution in [0, 0.1) is 0 Å². The van der Waals surface area contributed by atoms with Crippen molar-refractivity contribution in [2.24, 2.45) is 0 Å². The average molecular weight is 308 g/mol. The second-order valence-electron chi connectivity index (χ2n) is 1.96. The Morgan fingerprint density at radius 3 is 2.85 bits per heavy atom. The van der Waals surface area contributed by atoms with Crippen LogP contribution >= 0.6 is 33.9 Å². The Bertz CT molecular complexity index is 334. The summed E-state index contributed by atoms with van der Waals surface area (Å²) in [6, 6.07) is 0. The standard InChI is InChI=1S/C7H5IN2O2S/c8-5(11)1-2-6(12)10-7-9-3-4-13-7/h1-4H,(H,9,10,12)/b2-1+. The van der Waals surface area contributed by atoms with Crippen LogP contribution in [-0.4, -0.2) is 14.7 Å². The van der Waals surface area contributed by atoms with Crippen LogP contribution < -0.4 is 5.32 Å². The lowest BCUT2D eigenvalue weighted by atomic mass is 10.5. The van der Waals surface area contributed by atoms with Crippen molar-refractivity contribution in [2.75, 3.05) is 5.32 Å². The summed E-state index contributed by atoms with van der Waals surface area (Å²) in [5.41, 5.74) is 0. The van der Waals surface area contributed by atoms with Crippen molar-refractivity contribution in [3.05, 3.63) is 23.7 Å². The number of carbonyl (C=O) groups is 2. The molecule has 1 aromatic heterocycles. The highest BCUT2D eigenvalue weighted by Crippen LogP contribution is 2.09. The molecule has 13 heavy (non-hydrogen) atoms. The van der Waals surface area contributed by atoms with Gasteiger partial charge in [0.15, 0.2) is 5.13 Å². The monoisotopic (exact) mass is 308 g/mol. The molecule has 0 fully saturated rings. The van der Waals surface area contributed by atoms with Gasteiger partial charge in [0.1, 0.15) is 0 Å². The Kier molecular flexibility index (Phi) is 4.03. The molecule has 0 aliphatic rings. The zero-order chi connectivity index (χ0) is 9.68. The number of anilines is 1. The van der Waals surface area contributed by atoms with Crippen LogP contribution in [0.4, 0.5) is 5.13 Å². The Hall–Kier alpha value is -0.760. The quantitative estimate of drug-likeness (QED) is 0.524. The molecule has 0 unspecified atom stereocenters. The molecular formula is C7H5IN2O2S. The van der Waals surface area contributed by atoms with Crippen LogP contribution in [-0.2, 0) is 9.59 Å². The first-order chi connectivity index (χ1) is 6.18. The Labute approximate surface area is 92.2 Å². The summed E-state index contributed by atoms with van der Waals surface area (Å²) in [5.74, 6) is -0.347. The molecule has 1 aromatic rings. The SMILES string of the molecule is O=C(I)/C=C/C(=O)Nc1nccs1. The molecule has 0 aliphatic heterocycles. The molecule has 1 heterocycles. The molecule has 0 aromatic carbocycles. The van der Waals surface area contributed by atoms with E-state index in [9.17, 15) is 9.59 Å². The van der Waals surface area contributed by atoms with Crippen molar-refractivity contribution in [3.63, 3.8) is 0 Å². The van der Waals surface area contributed by atoms with Gasteiger partial charge in [0, 0.05) is 40.2 Å². The minimum Gasteiger partial charge on any atom is -0.298 e. The van der Waals surface area contributed by atoms with E-state index in [1.807, 2.05) is 0 Å². The highest BCUT2D eigenvalue weighted by atomic mass is 127. The largest absolute Gasteiger partial charge is 0.298 e. The van der Waals surface area contributed by atoms with Gasteiger partial charge in [0.25, 0.3) is 0 Å². The fourth-order valence-electron chi connectivity index (χ4n) is 0.573. The number of amides is 1. The number of hydrogen-bond acceptors (Lipinski definition) is 4. The van der Waals surface area contributed by atoms with Gasteiger partial charge in [-0.15, -0.1) is 11.3 Å². The van der Waals surface area contributed by atoms with Crippen molar-refractivity contribution in [1.29, 1.82) is 0 Å². The molecule has 0 spiro atoms. The Balaban J connectivity index is 2.47. The third-order valence-electron chi connectivity index (χ3n) is 1.03. The lowest BCUT2D eigenvalue weighted by Crippen LogP contribution is -2.07. The topological polar surface area (TPSA) is 59.1 Å². The Morgan fingerprint density at radius 1 is 1.54 bits per heavy atom. The number of aromatic nitrogens is 1. The van der Waals surface area contributed by atoms with Crippen molar-refractivity contribution < 1.29 is 9.59 Å². The molecule has 6 heteroatoms. The van der Waals surface area contributed by atoms with Crippen LogP contribution in [0.2, 0.25) is 0 Å². The maximum Gasteiger partial charge on any atom is 0.250 e. The van der Waals surface area contributed by atoms with Gasteiger partial charge in [-0.2, -0.15) is 0 Å². The third kappa shape index (κ3) is 4.13. The van der Waals surface area contributed by atoms with Crippen LogP contribution in [0.25, 0.3) is 0 Å². The molecule has 0 aliphatic carbocycles. The Morgan fingerprint density at radius 2 is 2.31 bits per heavy atom. The minimum atomic E-state index is -0.347. The number of thiazole rings is 1. The molecule has 0 saturated carbocycles. The first-order valence-electron chi connectivity index (χ1n) is 3.26. The van der Waals surface area contributed by atoms with E-state index in [2.05, 4.69) is 10.3 Å². The highest BCUT2D eigenvalue weighted by molar-refractivity contribution is 14.1. The molecule has 1 amide bonds. The predicted octanol–water partition coefficient (Wildman–Crippen LogP) is 1.60. The van der Waals surface area contributed by atoms with Gasteiger partial charge in [0.05, 0.1) is 0 Å². The molecule has 0 radical (unpaired) electrons. The summed E-state index contributed by atoms with van der Waals surface area (Å²) < 4.78 is -0.188.